The Kier molecular flexibility index (Phi) is 4.88. The molecular weight excluding hydrogens is 386 g/mol. The minimum Gasteiger partial charge on any atom is -0.387 e. The van der Waals surface area contributed by atoms with E-state index in [9.17, 15) is 24.3 Å². The molecule has 11 nitrogen and oxygen atoms in total. The summed E-state index contributed by atoms with van der Waals surface area (Å²) in [5.41, 5.74) is -0.876. The highest BCUT2D eigenvalue weighted by molar-refractivity contribution is 6.20. The first kappa shape index (κ1) is 19.2. The van der Waals surface area contributed by atoms with Crippen LogP contribution in [0.25, 0.3) is 0 Å². The molecule has 1 unspecified atom stereocenters. The zero-order valence-corrected chi connectivity index (χ0v) is 15.2. The van der Waals surface area contributed by atoms with Crippen molar-refractivity contribution < 1.29 is 29.0 Å². The Balaban J connectivity index is 1.50. The molecule has 1 fully saturated rings. The Morgan fingerprint density at radius 2 is 1.76 bits per heavy atom. The van der Waals surface area contributed by atoms with Gasteiger partial charge in [0.05, 0.1) is 11.1 Å². The molecule has 1 aromatic heterocycles. The lowest BCUT2D eigenvalue weighted by Crippen LogP contribution is -2.40. The smallest absolute Gasteiger partial charge is 0.330 e. The number of H-pyrrole nitrogens is 1. The van der Waals surface area contributed by atoms with Gasteiger partial charge in [0.25, 0.3) is 17.4 Å². The number of rotatable bonds is 5. The van der Waals surface area contributed by atoms with Crippen LogP contribution in [0.15, 0.2) is 46.1 Å². The minimum atomic E-state index is -1.22. The second kappa shape index (κ2) is 7.37. The number of amides is 2. The molecule has 0 bridgehead atoms. The van der Waals surface area contributed by atoms with Crippen LogP contribution in [0.5, 0.6) is 0 Å². The van der Waals surface area contributed by atoms with Gasteiger partial charge >= 0.3 is 5.69 Å². The Hall–Kier alpha value is -3.12. The van der Waals surface area contributed by atoms with E-state index in [2.05, 4.69) is 4.98 Å². The Morgan fingerprint density at radius 3 is 2.34 bits per heavy atom. The summed E-state index contributed by atoms with van der Waals surface area (Å²) in [6.07, 6.45) is -3.01. The maximum Gasteiger partial charge on any atom is 0.330 e. The Labute approximate surface area is 163 Å². The lowest BCUT2D eigenvalue weighted by atomic mass is 10.1. The number of aliphatic hydroxyl groups excluding tert-OH is 1. The van der Waals surface area contributed by atoms with E-state index in [1.165, 1.54) is 25.4 Å². The van der Waals surface area contributed by atoms with Crippen molar-refractivity contribution in [3.8, 4) is 0 Å². The molecule has 0 radical (unpaired) electrons. The van der Waals surface area contributed by atoms with E-state index < -0.39 is 47.6 Å². The van der Waals surface area contributed by atoms with Gasteiger partial charge in [-0.1, -0.05) is 12.1 Å². The van der Waals surface area contributed by atoms with Gasteiger partial charge in [-0.15, -0.1) is 5.06 Å². The molecule has 0 aliphatic carbocycles. The largest absolute Gasteiger partial charge is 0.387 e. The number of carbonyl (C=O) groups excluding carboxylic acids is 2. The van der Waals surface area contributed by atoms with E-state index >= 15 is 0 Å². The van der Waals surface area contributed by atoms with Crippen LogP contribution in [0, 0.1) is 0 Å². The molecule has 4 rings (SSSR count). The molecule has 3 heterocycles. The van der Waals surface area contributed by atoms with Crippen LogP contribution in [0.2, 0.25) is 0 Å². The number of aliphatic hydroxyl groups is 1. The van der Waals surface area contributed by atoms with E-state index in [0.717, 1.165) is 10.6 Å². The standard InChI is InChI=1S/C18H17N3O8/c1-27-14-13(23)11(29-17(14)20-7-6-12(22)19-18(20)26)8-28-21-15(24)9-4-2-3-5-10(9)16(21)25/h2-7,11,13-14,17,23H,8H2,1H3,(H,19,22,26)/t11-,13?,14+,17-/m1/s1. The molecule has 0 spiro atoms. The van der Waals surface area contributed by atoms with Crippen LogP contribution in [0.4, 0.5) is 0 Å². The van der Waals surface area contributed by atoms with Gasteiger partial charge in [-0.2, -0.15) is 0 Å². The number of nitrogens with one attached hydrogen (secondary N) is 1. The van der Waals surface area contributed by atoms with E-state index in [4.69, 9.17) is 14.3 Å². The monoisotopic (exact) mass is 403 g/mol. The van der Waals surface area contributed by atoms with Gasteiger partial charge in [0.15, 0.2) is 6.23 Å². The SMILES string of the molecule is CO[C@H]1C(O)[C@@H](CON2C(=O)c3ccccc3C2=O)O[C@H]1n1ccc(=O)[nH]c1=O. The number of methoxy groups -OCH3 is 1. The van der Waals surface area contributed by atoms with Crippen LogP contribution in [-0.2, 0) is 14.3 Å². The van der Waals surface area contributed by atoms with Gasteiger partial charge in [-0.25, -0.2) is 4.79 Å². The Morgan fingerprint density at radius 1 is 1.10 bits per heavy atom. The molecule has 152 valence electrons. The van der Waals surface area contributed by atoms with Crippen LogP contribution in [0.3, 0.4) is 0 Å². The van der Waals surface area contributed by atoms with E-state index in [0.29, 0.717) is 5.06 Å². The topological polar surface area (TPSA) is 140 Å². The van der Waals surface area contributed by atoms with E-state index in [1.54, 1.807) is 12.1 Å². The molecular formula is C18H17N3O8. The summed E-state index contributed by atoms with van der Waals surface area (Å²) in [4.78, 5) is 55.4. The van der Waals surface area contributed by atoms with Crippen molar-refractivity contribution in [2.75, 3.05) is 13.7 Å². The number of hydrogen-bond donors (Lipinski definition) is 2. The molecule has 29 heavy (non-hydrogen) atoms. The fraction of sp³-hybridized carbons (Fsp3) is 0.333. The predicted molar refractivity (Wildman–Crippen MR) is 94.9 cm³/mol. The molecule has 1 aromatic carbocycles. The Bertz CT molecular complexity index is 1040. The van der Waals surface area contributed by atoms with Gasteiger partial charge in [-0.05, 0) is 12.1 Å². The summed E-state index contributed by atoms with van der Waals surface area (Å²) in [7, 11) is 1.33. The number of hydrogen-bond acceptors (Lipinski definition) is 8. The van der Waals surface area contributed by atoms with Crippen molar-refractivity contribution in [2.45, 2.75) is 24.5 Å². The summed E-state index contributed by atoms with van der Waals surface area (Å²) in [5, 5.41) is 11.1. The molecule has 2 N–H and O–H groups in total. The third-order valence-corrected chi connectivity index (χ3v) is 4.83. The average Bonchev–Trinajstić information content (AvgIpc) is 3.14. The predicted octanol–water partition coefficient (Wildman–Crippen LogP) is -0.962. The number of hydroxylamine groups is 2. The molecule has 1 saturated heterocycles. The van der Waals surface area contributed by atoms with Gasteiger partial charge < -0.3 is 14.6 Å². The highest BCUT2D eigenvalue weighted by Crippen LogP contribution is 2.31. The zero-order valence-electron chi connectivity index (χ0n) is 15.2. The molecule has 4 atom stereocenters. The van der Waals surface area contributed by atoms with Gasteiger partial charge in [-0.3, -0.25) is 28.8 Å². The van der Waals surface area contributed by atoms with Crippen molar-refractivity contribution in [1.29, 1.82) is 0 Å². The highest BCUT2D eigenvalue weighted by atomic mass is 16.7. The quantitative estimate of drug-likeness (QED) is 0.608. The molecule has 11 heteroatoms. The summed E-state index contributed by atoms with van der Waals surface area (Å²) < 4.78 is 12.0. The second-order valence-electron chi connectivity index (χ2n) is 6.52. The van der Waals surface area contributed by atoms with E-state index in [1.807, 2.05) is 0 Å². The normalized spacial score (nSPS) is 26.2. The molecule has 2 aliphatic heterocycles. The number of aromatic nitrogens is 2. The maximum absolute atomic E-state index is 12.3. The first-order valence-corrected chi connectivity index (χ1v) is 8.71. The van der Waals surface area contributed by atoms with Crippen molar-refractivity contribution in [2.24, 2.45) is 0 Å². The molecule has 2 aromatic rings. The number of benzene rings is 1. The lowest BCUT2D eigenvalue weighted by Gasteiger charge is -2.20. The van der Waals surface area contributed by atoms with E-state index in [-0.39, 0.29) is 17.7 Å². The number of ether oxygens (including phenoxy) is 2. The third kappa shape index (κ3) is 3.19. The molecule has 2 amide bonds. The van der Waals surface area contributed by atoms with Gasteiger partial charge in [0.2, 0.25) is 0 Å². The number of fused-ring (bicyclic) bond motifs is 1. The van der Waals surface area contributed by atoms with Crippen molar-refractivity contribution in [3.05, 3.63) is 68.5 Å². The maximum atomic E-state index is 12.3. The average molecular weight is 403 g/mol. The summed E-state index contributed by atoms with van der Waals surface area (Å²) in [5.74, 6) is -1.23. The number of imide groups is 1. The molecule has 0 saturated carbocycles. The number of aromatic amines is 1. The van der Waals surface area contributed by atoms with Crippen LogP contribution >= 0.6 is 0 Å². The number of nitrogens with zero attached hydrogens (tertiary/aromatic N) is 2. The fourth-order valence-corrected chi connectivity index (χ4v) is 3.39. The minimum absolute atomic E-state index is 0.220. The van der Waals surface area contributed by atoms with Crippen molar-refractivity contribution in [1.82, 2.24) is 14.6 Å². The van der Waals surface area contributed by atoms with Crippen LogP contribution < -0.4 is 11.2 Å². The third-order valence-electron chi connectivity index (χ3n) is 4.83. The summed E-state index contributed by atoms with van der Waals surface area (Å²) in [6.45, 7) is -0.346. The lowest BCUT2D eigenvalue weighted by molar-refractivity contribution is -0.141. The molecule has 2 aliphatic rings. The van der Waals surface area contributed by atoms with Crippen LogP contribution in [0.1, 0.15) is 26.9 Å². The van der Waals surface area contributed by atoms with Crippen molar-refractivity contribution >= 4 is 11.8 Å². The first-order chi connectivity index (χ1) is 13.9. The van der Waals surface area contributed by atoms with Crippen LogP contribution in [-0.4, -0.2) is 63.6 Å². The summed E-state index contributed by atoms with van der Waals surface area (Å²) >= 11 is 0. The van der Waals surface area contributed by atoms with Gasteiger partial charge in [0, 0.05) is 19.4 Å². The highest BCUT2D eigenvalue weighted by Gasteiger charge is 2.47. The second-order valence-corrected chi connectivity index (χ2v) is 6.52. The van der Waals surface area contributed by atoms with Gasteiger partial charge in [0.1, 0.15) is 24.9 Å². The summed E-state index contributed by atoms with van der Waals surface area (Å²) in [6, 6.07) is 7.42. The number of carbonyl (C=O) groups is 2. The fourth-order valence-electron chi connectivity index (χ4n) is 3.39. The van der Waals surface area contributed by atoms with Crippen molar-refractivity contribution in [3.63, 3.8) is 0 Å². The first-order valence-electron chi connectivity index (χ1n) is 8.71. The zero-order chi connectivity index (χ0) is 20.7.